The molecule has 0 unspecified atom stereocenters. The lowest BCUT2D eigenvalue weighted by atomic mass is 10.2. The third-order valence-corrected chi connectivity index (χ3v) is 3.41. The van der Waals surface area contributed by atoms with E-state index in [0.29, 0.717) is 6.04 Å². The zero-order chi connectivity index (χ0) is 13.8. The van der Waals surface area contributed by atoms with E-state index < -0.39 is 0 Å². The third kappa shape index (κ3) is 3.28. The second kappa shape index (κ2) is 5.78. The van der Waals surface area contributed by atoms with E-state index in [4.69, 9.17) is 0 Å². The van der Waals surface area contributed by atoms with Crippen molar-refractivity contribution in [3.8, 4) is 0 Å². The van der Waals surface area contributed by atoms with Crippen molar-refractivity contribution in [2.24, 2.45) is 0 Å². The summed E-state index contributed by atoms with van der Waals surface area (Å²) in [5, 5.41) is 3.49. The molecular weight excluding hydrogens is 238 g/mol. The van der Waals surface area contributed by atoms with Crippen LogP contribution >= 0.6 is 0 Å². The summed E-state index contributed by atoms with van der Waals surface area (Å²) < 4.78 is 0. The van der Waals surface area contributed by atoms with E-state index in [1.165, 1.54) is 11.8 Å². The third-order valence-electron chi connectivity index (χ3n) is 3.41. The summed E-state index contributed by atoms with van der Waals surface area (Å²) in [5.41, 5.74) is 2.27. The highest BCUT2D eigenvalue weighted by Gasteiger charge is 2.24. The number of carbonyl (C=O) groups excluding carboxylic acids is 1. The molecule has 1 aromatic carbocycles. The predicted octanol–water partition coefficient (Wildman–Crippen LogP) is 1.95. The molecular formula is C15H21N3O. The average molecular weight is 259 g/mol. The van der Waals surface area contributed by atoms with E-state index in [2.05, 4.69) is 35.0 Å². The Morgan fingerprint density at radius 2 is 2.32 bits per heavy atom. The van der Waals surface area contributed by atoms with Gasteiger partial charge in [-0.15, -0.1) is 0 Å². The van der Waals surface area contributed by atoms with Crippen LogP contribution < -0.4 is 10.2 Å². The Labute approximate surface area is 114 Å². The standard InChI is InChI=1S/C15H21N3O/c1-4-15(19)18-9-8-13(11-18)16-12-6-5-7-14(10-12)17(2)3/h4-7,10,13,16H,1,8-9,11H2,2-3H3/t13-/m0/s1. The molecule has 1 N–H and O–H groups in total. The molecule has 2 rings (SSSR count). The Morgan fingerprint density at radius 3 is 3.00 bits per heavy atom. The number of rotatable bonds is 4. The molecule has 1 amide bonds. The highest BCUT2D eigenvalue weighted by atomic mass is 16.2. The number of hydrogen-bond donors (Lipinski definition) is 1. The molecule has 1 aliphatic heterocycles. The van der Waals surface area contributed by atoms with E-state index >= 15 is 0 Å². The van der Waals surface area contributed by atoms with Crippen LogP contribution in [0.1, 0.15) is 6.42 Å². The summed E-state index contributed by atoms with van der Waals surface area (Å²) in [6, 6.07) is 8.62. The molecule has 1 aliphatic rings. The molecule has 19 heavy (non-hydrogen) atoms. The van der Waals surface area contributed by atoms with Crippen molar-refractivity contribution in [1.82, 2.24) is 4.90 Å². The van der Waals surface area contributed by atoms with Gasteiger partial charge in [0.25, 0.3) is 0 Å². The molecule has 102 valence electrons. The van der Waals surface area contributed by atoms with Crippen LogP contribution in [0.2, 0.25) is 0 Å². The fraction of sp³-hybridized carbons (Fsp3) is 0.400. The summed E-state index contributed by atoms with van der Waals surface area (Å²) >= 11 is 0. The lowest BCUT2D eigenvalue weighted by Crippen LogP contribution is -2.30. The summed E-state index contributed by atoms with van der Waals surface area (Å²) in [5.74, 6) is 0.0198. The van der Waals surface area contributed by atoms with Gasteiger partial charge < -0.3 is 15.1 Å². The maximum absolute atomic E-state index is 11.5. The van der Waals surface area contributed by atoms with Gasteiger partial charge >= 0.3 is 0 Å². The van der Waals surface area contributed by atoms with Gasteiger partial charge in [-0.25, -0.2) is 0 Å². The van der Waals surface area contributed by atoms with Crippen molar-refractivity contribution in [1.29, 1.82) is 0 Å². The lowest BCUT2D eigenvalue weighted by Gasteiger charge is -2.18. The van der Waals surface area contributed by atoms with Crippen LogP contribution in [0.4, 0.5) is 11.4 Å². The summed E-state index contributed by atoms with van der Waals surface area (Å²) in [6.45, 7) is 5.08. The topological polar surface area (TPSA) is 35.6 Å². The van der Waals surface area contributed by atoms with Crippen LogP contribution in [-0.4, -0.2) is 44.0 Å². The van der Waals surface area contributed by atoms with Gasteiger partial charge in [0.1, 0.15) is 0 Å². The van der Waals surface area contributed by atoms with E-state index in [0.717, 1.165) is 25.2 Å². The van der Waals surface area contributed by atoms with Crippen LogP contribution in [0.3, 0.4) is 0 Å². The predicted molar refractivity (Wildman–Crippen MR) is 79.6 cm³/mol. The lowest BCUT2D eigenvalue weighted by molar-refractivity contribution is -0.125. The van der Waals surface area contributed by atoms with Crippen molar-refractivity contribution >= 4 is 17.3 Å². The molecule has 1 heterocycles. The summed E-state index contributed by atoms with van der Waals surface area (Å²) in [6.07, 6.45) is 2.36. The largest absolute Gasteiger partial charge is 0.380 e. The van der Waals surface area contributed by atoms with Crippen molar-refractivity contribution < 1.29 is 4.79 Å². The fourth-order valence-corrected chi connectivity index (χ4v) is 2.32. The number of anilines is 2. The Hall–Kier alpha value is -1.97. The Bertz CT molecular complexity index is 470. The fourth-order valence-electron chi connectivity index (χ4n) is 2.32. The summed E-state index contributed by atoms with van der Waals surface area (Å²) in [4.78, 5) is 15.4. The van der Waals surface area contributed by atoms with Crippen LogP contribution in [0.25, 0.3) is 0 Å². The molecule has 0 spiro atoms. The molecule has 0 aromatic heterocycles. The molecule has 4 heteroatoms. The van der Waals surface area contributed by atoms with Gasteiger partial charge in [-0.2, -0.15) is 0 Å². The Morgan fingerprint density at radius 1 is 1.53 bits per heavy atom. The number of nitrogens with zero attached hydrogens (tertiary/aromatic N) is 2. The Balaban J connectivity index is 1.97. The smallest absolute Gasteiger partial charge is 0.246 e. The van der Waals surface area contributed by atoms with Crippen LogP contribution in [0.5, 0.6) is 0 Å². The first-order valence-electron chi connectivity index (χ1n) is 6.55. The second-order valence-electron chi connectivity index (χ2n) is 5.06. The van der Waals surface area contributed by atoms with Crippen LogP contribution in [0.15, 0.2) is 36.9 Å². The van der Waals surface area contributed by atoms with Crippen molar-refractivity contribution in [2.45, 2.75) is 12.5 Å². The minimum absolute atomic E-state index is 0.0198. The molecule has 1 saturated heterocycles. The maximum atomic E-state index is 11.5. The maximum Gasteiger partial charge on any atom is 0.246 e. The first kappa shape index (κ1) is 13.5. The number of hydrogen-bond acceptors (Lipinski definition) is 3. The number of carbonyl (C=O) groups is 1. The van der Waals surface area contributed by atoms with E-state index in [9.17, 15) is 4.79 Å². The minimum Gasteiger partial charge on any atom is -0.380 e. The second-order valence-corrected chi connectivity index (χ2v) is 5.06. The molecule has 0 aliphatic carbocycles. The average Bonchev–Trinajstić information content (AvgIpc) is 2.86. The first-order valence-corrected chi connectivity index (χ1v) is 6.55. The molecule has 1 atom stereocenters. The number of nitrogens with one attached hydrogen (secondary N) is 1. The quantitative estimate of drug-likeness (QED) is 0.840. The SMILES string of the molecule is C=CC(=O)N1CC[C@H](Nc2cccc(N(C)C)c2)C1. The van der Waals surface area contributed by atoms with E-state index in [1.807, 2.05) is 25.1 Å². The normalized spacial score (nSPS) is 18.2. The summed E-state index contributed by atoms with van der Waals surface area (Å²) in [7, 11) is 4.05. The zero-order valence-electron chi connectivity index (χ0n) is 11.6. The molecule has 1 fully saturated rings. The first-order chi connectivity index (χ1) is 9.10. The molecule has 0 bridgehead atoms. The number of likely N-dealkylation sites (tertiary alicyclic amines) is 1. The highest BCUT2D eigenvalue weighted by molar-refractivity contribution is 5.87. The van der Waals surface area contributed by atoms with E-state index in [-0.39, 0.29) is 5.91 Å². The monoisotopic (exact) mass is 259 g/mol. The zero-order valence-corrected chi connectivity index (χ0v) is 11.6. The van der Waals surface area contributed by atoms with Crippen LogP contribution in [-0.2, 0) is 4.79 Å². The van der Waals surface area contributed by atoms with Gasteiger partial charge in [-0.05, 0) is 30.7 Å². The van der Waals surface area contributed by atoms with Crippen molar-refractivity contribution in [3.63, 3.8) is 0 Å². The van der Waals surface area contributed by atoms with Gasteiger partial charge in [0.05, 0.1) is 0 Å². The minimum atomic E-state index is 0.0198. The van der Waals surface area contributed by atoms with Gasteiger partial charge in [0.2, 0.25) is 5.91 Å². The van der Waals surface area contributed by atoms with Gasteiger partial charge in [0.15, 0.2) is 0 Å². The van der Waals surface area contributed by atoms with Crippen molar-refractivity contribution in [3.05, 3.63) is 36.9 Å². The van der Waals surface area contributed by atoms with Crippen LogP contribution in [0, 0.1) is 0 Å². The Kier molecular flexibility index (Phi) is 4.10. The van der Waals surface area contributed by atoms with Gasteiger partial charge in [-0.1, -0.05) is 12.6 Å². The number of benzene rings is 1. The van der Waals surface area contributed by atoms with Gasteiger partial charge in [0, 0.05) is 44.6 Å². The van der Waals surface area contributed by atoms with E-state index in [1.54, 1.807) is 0 Å². The molecule has 4 nitrogen and oxygen atoms in total. The molecule has 0 radical (unpaired) electrons. The van der Waals surface area contributed by atoms with Gasteiger partial charge in [-0.3, -0.25) is 4.79 Å². The highest BCUT2D eigenvalue weighted by Crippen LogP contribution is 2.20. The number of amides is 1. The molecule has 1 aromatic rings. The van der Waals surface area contributed by atoms with Crippen molar-refractivity contribution in [2.75, 3.05) is 37.4 Å². The molecule has 0 saturated carbocycles.